The van der Waals surface area contributed by atoms with E-state index < -0.39 is 0 Å². The Labute approximate surface area is 351 Å². The molecular formula is C57H54N2. The van der Waals surface area contributed by atoms with Crippen LogP contribution in [-0.4, -0.2) is 6.04 Å². The number of anilines is 3. The van der Waals surface area contributed by atoms with Gasteiger partial charge in [-0.15, -0.1) is 0 Å². The van der Waals surface area contributed by atoms with Crippen LogP contribution >= 0.6 is 0 Å². The highest BCUT2D eigenvalue weighted by Crippen LogP contribution is 2.55. The second-order valence-electron chi connectivity index (χ2n) is 18.8. The van der Waals surface area contributed by atoms with E-state index in [0.717, 1.165) is 19.3 Å². The van der Waals surface area contributed by atoms with Crippen LogP contribution in [0.2, 0.25) is 0 Å². The van der Waals surface area contributed by atoms with Gasteiger partial charge in [-0.05, 0) is 168 Å². The summed E-state index contributed by atoms with van der Waals surface area (Å²) < 4.78 is 0. The molecule has 0 N–H and O–H groups in total. The van der Waals surface area contributed by atoms with Gasteiger partial charge in [-0.25, -0.2) is 0 Å². The van der Waals surface area contributed by atoms with Gasteiger partial charge in [0, 0.05) is 51.6 Å². The van der Waals surface area contributed by atoms with E-state index in [0.29, 0.717) is 17.8 Å². The van der Waals surface area contributed by atoms with Crippen molar-refractivity contribution in [1.82, 2.24) is 0 Å². The fraction of sp³-hybridized carbons (Fsp3) is 0.298. The molecule has 4 unspecified atom stereocenters. The van der Waals surface area contributed by atoms with Gasteiger partial charge in [0.15, 0.2) is 0 Å². The standard InChI is InChI=1S/C57H54N2/c1-57(2)51-22-12-9-19-45(51)48-36-43(27-28-52(48)57)58-53-23-13-10-20-46(53)49-34-39(25-29-55(49)58)40-26-30-56-50(35-40)47-21-11-14-24-54(47)59(56)44-32-41(37-15-5-3-6-16-37)31-42(33-44)38-17-7-4-8-18-38/h5,9-10,12-15,17,19-20,22-34,36-37,49-50,55H,3-4,6-8,11,16,18,21,35H2,1-2H3. The van der Waals surface area contributed by atoms with Gasteiger partial charge < -0.3 is 9.80 Å². The van der Waals surface area contributed by atoms with E-state index in [1.54, 1.807) is 11.1 Å². The van der Waals surface area contributed by atoms with E-state index in [1.807, 2.05) is 0 Å². The zero-order valence-electron chi connectivity index (χ0n) is 34.6. The molecule has 0 spiro atoms. The molecule has 0 fully saturated rings. The molecule has 0 amide bonds. The highest BCUT2D eigenvalue weighted by molar-refractivity contribution is 5.86. The molecule has 4 aromatic carbocycles. The smallest absolute Gasteiger partial charge is 0.0630 e. The summed E-state index contributed by atoms with van der Waals surface area (Å²) >= 11 is 0. The van der Waals surface area contributed by atoms with Crippen LogP contribution in [0.15, 0.2) is 174 Å². The first-order valence-electron chi connectivity index (χ1n) is 22.7. The molecule has 0 saturated heterocycles. The topological polar surface area (TPSA) is 6.48 Å². The van der Waals surface area contributed by atoms with Crippen LogP contribution in [0.25, 0.3) is 16.7 Å². The molecule has 0 bridgehead atoms. The molecule has 0 saturated carbocycles. The van der Waals surface area contributed by atoms with E-state index in [1.165, 1.54) is 123 Å². The highest BCUT2D eigenvalue weighted by atomic mass is 15.2. The van der Waals surface area contributed by atoms with Crippen LogP contribution in [0.1, 0.15) is 118 Å². The summed E-state index contributed by atoms with van der Waals surface area (Å²) in [6.07, 6.45) is 36.9. The Morgan fingerprint density at radius 3 is 2.49 bits per heavy atom. The summed E-state index contributed by atoms with van der Waals surface area (Å²) in [7, 11) is 0. The SMILES string of the molecule is CC1(C)c2ccccc2-c2cc(N3c4ccccc4C4C=C(C5=CC=C6C(C5)C5=C(C=CCC5)N6c5cc(C6=CCCCC6)cc(C6C=CCCC6)c5)C=CC43)ccc21. The van der Waals surface area contributed by atoms with Crippen molar-refractivity contribution in [2.24, 2.45) is 5.92 Å². The molecule has 292 valence electrons. The quantitative estimate of drug-likeness (QED) is 0.187. The van der Waals surface area contributed by atoms with Crippen LogP contribution in [0, 0.1) is 5.92 Å². The van der Waals surface area contributed by atoms with Crippen molar-refractivity contribution >= 4 is 22.6 Å². The molecule has 2 nitrogen and oxygen atoms in total. The minimum atomic E-state index is 0.00759. The molecule has 6 aliphatic carbocycles. The lowest BCUT2D eigenvalue weighted by molar-refractivity contribution is 0.654. The van der Waals surface area contributed by atoms with Gasteiger partial charge in [0.05, 0.1) is 6.04 Å². The van der Waals surface area contributed by atoms with E-state index in [-0.39, 0.29) is 11.5 Å². The molecule has 2 aliphatic heterocycles. The van der Waals surface area contributed by atoms with Crippen molar-refractivity contribution in [3.8, 4) is 11.1 Å². The first-order chi connectivity index (χ1) is 29.0. The molecular weight excluding hydrogens is 713 g/mol. The van der Waals surface area contributed by atoms with Crippen molar-refractivity contribution in [2.75, 3.05) is 9.80 Å². The van der Waals surface area contributed by atoms with Crippen LogP contribution in [0.3, 0.4) is 0 Å². The van der Waals surface area contributed by atoms with Crippen molar-refractivity contribution < 1.29 is 0 Å². The summed E-state index contributed by atoms with van der Waals surface area (Å²) in [6.45, 7) is 4.75. The fourth-order valence-corrected chi connectivity index (χ4v) is 12.2. The minimum absolute atomic E-state index is 0.00759. The number of fused-ring (bicyclic) bond motifs is 8. The molecule has 2 heteroatoms. The molecule has 59 heavy (non-hydrogen) atoms. The zero-order chi connectivity index (χ0) is 39.2. The van der Waals surface area contributed by atoms with Crippen molar-refractivity contribution in [2.45, 2.75) is 101 Å². The Morgan fingerprint density at radius 1 is 0.695 bits per heavy atom. The summed E-state index contributed by atoms with van der Waals surface area (Å²) in [6, 6.07) is 33.3. The number of benzene rings is 4. The van der Waals surface area contributed by atoms with Crippen LogP contribution in [-0.2, 0) is 5.41 Å². The number of hydrogen-bond acceptors (Lipinski definition) is 2. The molecule has 12 rings (SSSR count). The van der Waals surface area contributed by atoms with Crippen LogP contribution in [0.5, 0.6) is 0 Å². The Bertz CT molecular complexity index is 2680. The lowest BCUT2D eigenvalue weighted by atomic mass is 9.79. The summed E-state index contributed by atoms with van der Waals surface area (Å²) in [4.78, 5) is 5.27. The first kappa shape index (κ1) is 35.4. The molecule has 4 aromatic rings. The third-order valence-electron chi connectivity index (χ3n) is 15.2. The first-order valence-corrected chi connectivity index (χ1v) is 22.7. The fourth-order valence-electron chi connectivity index (χ4n) is 12.2. The van der Waals surface area contributed by atoms with E-state index in [9.17, 15) is 0 Å². The third-order valence-corrected chi connectivity index (χ3v) is 15.2. The van der Waals surface area contributed by atoms with Crippen LogP contribution in [0.4, 0.5) is 17.1 Å². The van der Waals surface area contributed by atoms with Gasteiger partial charge in [-0.1, -0.05) is 117 Å². The van der Waals surface area contributed by atoms with Crippen molar-refractivity contribution in [1.29, 1.82) is 0 Å². The molecule has 2 heterocycles. The maximum absolute atomic E-state index is 2.66. The second kappa shape index (κ2) is 13.7. The maximum atomic E-state index is 2.66. The zero-order valence-corrected chi connectivity index (χ0v) is 34.6. The van der Waals surface area contributed by atoms with Gasteiger partial charge in [0.1, 0.15) is 0 Å². The average Bonchev–Trinajstić information content (AvgIpc) is 3.89. The Hall–Kier alpha value is -5.60. The molecule has 0 radical (unpaired) electrons. The van der Waals surface area contributed by atoms with E-state index in [4.69, 9.17) is 0 Å². The maximum Gasteiger partial charge on any atom is 0.0630 e. The molecule has 8 aliphatic rings. The van der Waals surface area contributed by atoms with Gasteiger partial charge in [0.2, 0.25) is 0 Å². The van der Waals surface area contributed by atoms with Gasteiger partial charge >= 0.3 is 0 Å². The Balaban J connectivity index is 0.901. The number of para-hydroxylation sites is 1. The number of nitrogens with zero attached hydrogens (tertiary/aromatic N) is 2. The lowest BCUT2D eigenvalue weighted by Gasteiger charge is -2.32. The number of allylic oxidation sites excluding steroid dienone is 12. The van der Waals surface area contributed by atoms with Gasteiger partial charge in [-0.2, -0.15) is 0 Å². The van der Waals surface area contributed by atoms with E-state index in [2.05, 4.69) is 169 Å². The predicted octanol–water partition coefficient (Wildman–Crippen LogP) is 14.8. The largest absolute Gasteiger partial charge is 0.333 e. The van der Waals surface area contributed by atoms with E-state index >= 15 is 0 Å². The normalized spacial score (nSPS) is 25.7. The lowest BCUT2D eigenvalue weighted by Crippen LogP contribution is -2.29. The predicted molar refractivity (Wildman–Crippen MR) is 247 cm³/mol. The minimum Gasteiger partial charge on any atom is -0.333 e. The molecule has 0 aromatic heterocycles. The van der Waals surface area contributed by atoms with Crippen LogP contribution < -0.4 is 9.80 Å². The summed E-state index contributed by atoms with van der Waals surface area (Å²) in [5.41, 5.74) is 22.9. The van der Waals surface area contributed by atoms with Crippen molar-refractivity contribution in [3.05, 3.63) is 202 Å². The average molecular weight is 767 g/mol. The second-order valence-corrected chi connectivity index (χ2v) is 18.8. The third kappa shape index (κ3) is 5.58. The Morgan fingerprint density at radius 2 is 1.59 bits per heavy atom. The number of rotatable bonds is 5. The monoisotopic (exact) mass is 766 g/mol. The molecule has 4 atom stereocenters. The van der Waals surface area contributed by atoms with Crippen molar-refractivity contribution in [3.63, 3.8) is 0 Å². The van der Waals surface area contributed by atoms with Gasteiger partial charge in [0.25, 0.3) is 0 Å². The number of hydrogen-bond donors (Lipinski definition) is 0. The Kier molecular flexibility index (Phi) is 8.23. The highest BCUT2D eigenvalue weighted by Gasteiger charge is 2.42. The summed E-state index contributed by atoms with van der Waals surface area (Å²) in [5.74, 6) is 1.21. The van der Waals surface area contributed by atoms with Gasteiger partial charge in [-0.3, -0.25) is 0 Å². The summed E-state index contributed by atoms with van der Waals surface area (Å²) in [5, 5.41) is 0.